The smallest absolute Gasteiger partial charge is 0.357 e. The van der Waals surface area contributed by atoms with Gasteiger partial charge in [0.1, 0.15) is 120 Å². The van der Waals surface area contributed by atoms with Crippen LogP contribution in [-0.4, -0.2) is 221 Å². The van der Waals surface area contributed by atoms with E-state index in [0.29, 0.717) is 6.42 Å². The molecule has 3 unspecified atom stereocenters. The highest BCUT2D eigenvalue weighted by Gasteiger charge is 2.51. The highest BCUT2D eigenvalue weighted by Crippen LogP contribution is 2.48. The topological polar surface area (TPSA) is 571 Å². The van der Waals surface area contributed by atoms with Gasteiger partial charge in [-0.15, -0.1) is 57.1 Å². The third kappa shape index (κ3) is 19.9. The normalized spacial score (nSPS) is 27.1. The van der Waals surface area contributed by atoms with E-state index < -0.39 is 190 Å². The number of rotatable bonds is 15. The van der Waals surface area contributed by atoms with E-state index in [1.165, 1.54) is 82.1 Å². The number of hydrogen-bond donors (Lipinski definition) is 17. The summed E-state index contributed by atoms with van der Waals surface area (Å²) in [5.41, 5.74) is -0.179. The van der Waals surface area contributed by atoms with E-state index >= 15 is 14.4 Å². The van der Waals surface area contributed by atoms with Crippen LogP contribution in [0.2, 0.25) is 0 Å². The van der Waals surface area contributed by atoms with Crippen molar-refractivity contribution in [1.29, 1.82) is 0 Å². The SMILES string of the molecule is C=C1NC(=O)[C@H](C)NC(=O)[C@H]([C@@H](C)CC)NC2C=Cc3c([C@H](C)O)cc(nc3[C@H]2O)C(=O)O[C@H](C)[C@@H]2NC(=O)c3csc(n3)[C@H]([C@](C)(O)[C@@H](C)O)NC(=O)[C@@H]3CSC(=N3)/C(=C/C)NC(=O)[C@H]([C@@H](C)O)NC(=O)c3csc(n3)C3(CCC(c4nc(C(=O)NC(CSCCC(=O)O)C(N)=O)cs4)=N[C@@H]3c3csc2n3)NC(=O)[C@H](C)NC1=O. The van der Waals surface area contributed by atoms with Crippen molar-refractivity contribution in [2.24, 2.45) is 21.6 Å². The maximum Gasteiger partial charge on any atom is 0.357 e. The van der Waals surface area contributed by atoms with Crippen molar-refractivity contribution in [3.63, 3.8) is 0 Å². The molecule has 4 aliphatic heterocycles. The largest absolute Gasteiger partial charge is 0.481 e. The Balaban J connectivity index is 1.17. The van der Waals surface area contributed by atoms with Crippen LogP contribution >= 0.6 is 68.9 Å². The Labute approximate surface area is 682 Å². The van der Waals surface area contributed by atoms with Gasteiger partial charge in [0.15, 0.2) is 0 Å². The van der Waals surface area contributed by atoms with E-state index in [0.717, 1.165) is 68.9 Å². The number of ether oxygens (including phenoxy) is 1. The fraction of sp³-hybridized carbons (Fsp3) is 0.486. The number of amides is 10. The first-order valence-electron chi connectivity index (χ1n) is 36.3. The van der Waals surface area contributed by atoms with Gasteiger partial charge >= 0.3 is 11.9 Å². The number of aliphatic hydroxyl groups is 5. The zero-order chi connectivity index (χ0) is 84.0. The van der Waals surface area contributed by atoms with Crippen LogP contribution in [0.1, 0.15) is 210 Å². The minimum absolute atomic E-state index is 0.0147. The standard InChI is InChI=1S/C72H88N18O19S6/c1-12-27(3)48-63(105)76-29(5)57(99)74-28(4)56(98)75-30(6)58(100)90-72-18-16-39(66-84-43(23-112-66)59(101)81-42(55(73)97)21-110-19-17-47(94)95)79-53(72)41-22-113-67(82-41)50(33(9)109-69(107)40-20-36(31(7)91)35-14-15-38(77-48)52(96)51(35)78-40)88-60(102)44-25-114-68(85-44)54(71(11,108)34(10)93)89-62(104)45-24-111-65(83-45)37(13-2)80-64(106)49(32(8)92)87-61(103)46-26-115-70(72)86-46/h13-15,20,22-23,25-27,29-34,38,42,45,48-50,52-54,77,91-93,96,108H,4,12,16-19,21,24H2,1-3,5-11H3,(H2,73,97)(H,74,99)(H,75,98)(H,76,105)(H,80,106)(H,81,101)(H,87,103)(H,88,102)(H,89,104)(H,90,100)(H,94,95)/b37-13-/t27-,29-,30-,31-,32+,33+,34+,38?,42?,45-,48-,49-,50-,52-,53+,54+,71+,72?/m0/s1. The minimum Gasteiger partial charge on any atom is -0.481 e. The number of nitrogens with zero attached hydrogens (tertiary/aromatic N) is 7. The highest BCUT2D eigenvalue weighted by atomic mass is 32.2. The molecule has 5 aromatic heterocycles. The molecule has 10 rings (SSSR count). The molecular formula is C72H88N18O19S6. The van der Waals surface area contributed by atoms with Crippen LogP contribution in [0.4, 0.5) is 0 Å². The molecule has 10 amide bonds. The van der Waals surface area contributed by atoms with Gasteiger partial charge in [-0.05, 0) is 85.8 Å². The lowest BCUT2D eigenvalue weighted by molar-refractivity contribution is -0.136. The van der Waals surface area contributed by atoms with Crippen molar-refractivity contribution in [1.82, 2.24) is 78.1 Å². The fourth-order valence-corrected chi connectivity index (χ4v) is 18.4. The van der Waals surface area contributed by atoms with E-state index in [1.807, 2.05) is 6.92 Å². The number of esters is 1. The minimum atomic E-state index is -2.21. The summed E-state index contributed by atoms with van der Waals surface area (Å²) in [7, 11) is 0. The van der Waals surface area contributed by atoms with Crippen LogP contribution < -0.4 is 58.9 Å². The number of aliphatic imine (C=N–C) groups is 2. The fourth-order valence-electron chi connectivity index (χ4n) is 12.6. The van der Waals surface area contributed by atoms with E-state index in [4.69, 9.17) is 25.4 Å². The third-order valence-corrected chi connectivity index (χ3v) is 25.7. The number of aliphatic hydroxyl groups excluding tert-OH is 4. The number of aromatic nitrogens is 5. The molecule has 0 spiro atoms. The zero-order valence-electron chi connectivity index (χ0n) is 63.7. The van der Waals surface area contributed by atoms with Crippen LogP contribution in [0, 0.1) is 5.92 Å². The van der Waals surface area contributed by atoms with Gasteiger partial charge < -0.3 is 89.0 Å². The van der Waals surface area contributed by atoms with Gasteiger partial charge in [-0.1, -0.05) is 45.1 Å². The lowest BCUT2D eigenvalue weighted by Crippen LogP contribution is -2.57. The van der Waals surface area contributed by atoms with Gasteiger partial charge in [0.2, 0.25) is 35.4 Å². The monoisotopic (exact) mass is 1700 g/mol. The molecule has 0 fully saturated rings. The maximum absolute atomic E-state index is 15.4. The van der Waals surface area contributed by atoms with E-state index in [-0.39, 0.29) is 113 Å². The molecule has 616 valence electrons. The van der Waals surface area contributed by atoms with Gasteiger partial charge in [-0.3, -0.25) is 68.0 Å². The van der Waals surface area contributed by atoms with Crippen molar-refractivity contribution in [3.8, 4) is 0 Å². The molecular weight excluding hydrogens is 1610 g/mol. The predicted octanol–water partition coefficient (Wildman–Crippen LogP) is 1.21. The summed E-state index contributed by atoms with van der Waals surface area (Å²) in [4.78, 5) is 203. The summed E-state index contributed by atoms with van der Waals surface area (Å²) in [6, 6.07) is -12.8. The molecule has 18 atom stereocenters. The van der Waals surface area contributed by atoms with Crippen molar-refractivity contribution < 1.29 is 92.9 Å². The number of carbonyl (C=O) groups excluding carboxylic acids is 11. The lowest BCUT2D eigenvalue weighted by atomic mass is 9.80. The number of hydrogen-bond acceptors (Lipinski definition) is 32. The third-order valence-electron chi connectivity index (χ3n) is 19.8. The second kappa shape index (κ2) is 37.1. The van der Waals surface area contributed by atoms with Gasteiger partial charge in [0.05, 0.1) is 65.3 Å². The Kier molecular flexibility index (Phi) is 28.3. The summed E-state index contributed by atoms with van der Waals surface area (Å²) in [5.74, 6) is -11.9. The zero-order valence-corrected chi connectivity index (χ0v) is 68.6. The summed E-state index contributed by atoms with van der Waals surface area (Å²) in [6.07, 6.45) is -3.38. The molecule has 5 aromatic rings. The summed E-state index contributed by atoms with van der Waals surface area (Å²) in [5, 5.41) is 99.8. The molecule has 43 heteroatoms. The molecule has 13 bridgehead atoms. The van der Waals surface area contributed by atoms with Crippen LogP contribution in [0.15, 0.2) is 67.7 Å². The number of allylic oxidation sites excluding steroid dienone is 1. The first-order valence-corrected chi connectivity index (χ1v) is 42.0. The van der Waals surface area contributed by atoms with Crippen molar-refractivity contribution in [2.75, 3.05) is 17.3 Å². The van der Waals surface area contributed by atoms with Crippen LogP contribution in [-0.2, 0) is 48.6 Å². The number of thiazole rings is 4. The second-order valence-corrected chi connectivity index (χ2v) is 33.9. The number of pyridine rings is 1. The Hall–Kier alpha value is -9.67. The number of carboxylic acid groups (broad SMARTS) is 1. The van der Waals surface area contributed by atoms with Crippen molar-refractivity contribution in [2.45, 2.75) is 197 Å². The van der Waals surface area contributed by atoms with Gasteiger partial charge in [0.25, 0.3) is 23.6 Å². The molecule has 9 heterocycles. The molecule has 18 N–H and O–H groups in total. The summed E-state index contributed by atoms with van der Waals surface area (Å²) >= 11 is 5.53. The summed E-state index contributed by atoms with van der Waals surface area (Å²) < 4.78 is 6.27. The Morgan fingerprint density at radius 1 is 0.800 bits per heavy atom. The number of primary amides is 1. The van der Waals surface area contributed by atoms with Crippen LogP contribution in [0.25, 0.3) is 6.08 Å². The predicted molar refractivity (Wildman–Crippen MR) is 425 cm³/mol. The number of nitrogens with two attached hydrogens (primary N) is 1. The molecule has 5 aliphatic rings. The number of nitrogens with one attached hydrogen (secondary N) is 10. The number of thioether (sulfide) groups is 2. The quantitative estimate of drug-likeness (QED) is 0.0398. The molecule has 37 nitrogen and oxygen atoms in total. The first kappa shape index (κ1) is 87.7. The molecule has 1 aliphatic carbocycles. The number of aliphatic carboxylic acids is 1. The van der Waals surface area contributed by atoms with E-state index in [9.17, 15) is 73.8 Å². The van der Waals surface area contributed by atoms with E-state index in [1.54, 1.807) is 26.0 Å². The Morgan fingerprint density at radius 2 is 1.50 bits per heavy atom. The van der Waals surface area contributed by atoms with Crippen LogP contribution in [0.5, 0.6) is 0 Å². The second-order valence-electron chi connectivity index (χ2n) is 28.2. The van der Waals surface area contributed by atoms with Crippen molar-refractivity contribution in [3.05, 3.63) is 123 Å². The maximum atomic E-state index is 15.4. The molecule has 0 saturated carbocycles. The van der Waals surface area contributed by atoms with Gasteiger partial charge in [-0.25, -0.2) is 29.7 Å². The number of cyclic esters (lactones) is 1. The number of carboxylic acids is 1. The summed E-state index contributed by atoms with van der Waals surface area (Å²) in [6.45, 7) is 18.0. The number of carbonyl (C=O) groups is 12. The van der Waals surface area contributed by atoms with Crippen LogP contribution in [0.3, 0.4) is 0 Å². The average molecular weight is 1700 g/mol. The average Bonchev–Trinajstić information content (AvgIpc) is 1.61. The Morgan fingerprint density at radius 3 is 2.17 bits per heavy atom. The lowest BCUT2D eigenvalue weighted by Gasteiger charge is -2.41. The first-order chi connectivity index (χ1) is 54.3. The van der Waals surface area contributed by atoms with Gasteiger partial charge in [-0.2, -0.15) is 11.8 Å². The van der Waals surface area contributed by atoms with E-state index in [2.05, 4.69) is 79.7 Å². The van der Waals surface area contributed by atoms with Crippen molar-refractivity contribution >= 4 is 157 Å². The molecule has 0 radical (unpaired) electrons. The number of fused-ring (bicyclic) bond motifs is 7. The Bertz CT molecular complexity index is 4780. The molecule has 0 aromatic carbocycles. The molecule has 0 saturated heterocycles. The van der Waals surface area contributed by atoms with Gasteiger partial charge in [0, 0.05) is 44.3 Å². The molecule has 115 heavy (non-hydrogen) atoms. The highest BCUT2D eigenvalue weighted by molar-refractivity contribution is 8.14.